The Balaban J connectivity index is 1.82. The molecule has 4 heteroatoms. The second-order valence-corrected chi connectivity index (χ2v) is 5.90. The predicted molar refractivity (Wildman–Crippen MR) is 80.1 cm³/mol. The molecule has 18 heavy (non-hydrogen) atoms. The fraction of sp³-hybridized carbons (Fsp3) is 0.357. The van der Waals surface area contributed by atoms with Crippen LogP contribution in [0.1, 0.15) is 6.42 Å². The van der Waals surface area contributed by atoms with Gasteiger partial charge in [-0.05, 0) is 48.1 Å². The summed E-state index contributed by atoms with van der Waals surface area (Å²) in [5.74, 6) is 3.38. The van der Waals surface area contributed by atoms with E-state index < -0.39 is 0 Å². The van der Waals surface area contributed by atoms with Crippen molar-refractivity contribution < 1.29 is 0 Å². The molecule has 1 fully saturated rings. The monoisotopic (exact) mass is 259 g/mol. The molecular formula is C14H17N3S. The van der Waals surface area contributed by atoms with Crippen LogP contribution in [0, 0.1) is 5.92 Å². The number of fused-ring (bicyclic) bond motifs is 1. The molecule has 0 aliphatic carbocycles. The van der Waals surface area contributed by atoms with Gasteiger partial charge < -0.3 is 11.1 Å². The molecule has 0 bridgehead atoms. The number of aromatic nitrogens is 1. The molecule has 3 N–H and O–H groups in total. The number of benzene rings is 1. The summed E-state index contributed by atoms with van der Waals surface area (Å²) in [6, 6.07) is 7.94. The molecule has 1 aliphatic heterocycles. The molecule has 2 aromatic rings. The van der Waals surface area contributed by atoms with Crippen molar-refractivity contribution in [1.82, 2.24) is 4.98 Å². The third-order valence-corrected chi connectivity index (χ3v) is 4.60. The number of anilines is 2. The van der Waals surface area contributed by atoms with Crippen LogP contribution in [0.15, 0.2) is 30.5 Å². The van der Waals surface area contributed by atoms with Crippen molar-refractivity contribution in [1.29, 1.82) is 0 Å². The van der Waals surface area contributed by atoms with Gasteiger partial charge in [-0.3, -0.25) is 4.98 Å². The highest BCUT2D eigenvalue weighted by atomic mass is 32.2. The van der Waals surface area contributed by atoms with Gasteiger partial charge in [-0.2, -0.15) is 11.8 Å². The average Bonchev–Trinajstić information content (AvgIpc) is 2.89. The normalized spacial score (nSPS) is 19.2. The van der Waals surface area contributed by atoms with Crippen LogP contribution in [0.5, 0.6) is 0 Å². The van der Waals surface area contributed by atoms with E-state index in [1.54, 1.807) is 0 Å². The molecule has 1 aromatic heterocycles. The minimum atomic E-state index is 0.763. The van der Waals surface area contributed by atoms with Crippen molar-refractivity contribution in [3.8, 4) is 0 Å². The molecule has 1 aliphatic rings. The number of hydrogen-bond donors (Lipinski definition) is 2. The van der Waals surface area contributed by atoms with Crippen molar-refractivity contribution in [3.05, 3.63) is 30.5 Å². The minimum absolute atomic E-state index is 0.763. The van der Waals surface area contributed by atoms with Crippen LogP contribution in [-0.2, 0) is 0 Å². The first kappa shape index (κ1) is 11.7. The molecule has 0 saturated carbocycles. The van der Waals surface area contributed by atoms with Crippen molar-refractivity contribution >= 4 is 34.0 Å². The molecule has 1 unspecified atom stereocenters. The molecule has 0 spiro atoms. The summed E-state index contributed by atoms with van der Waals surface area (Å²) in [5, 5.41) is 4.71. The molecule has 3 rings (SSSR count). The van der Waals surface area contributed by atoms with E-state index in [2.05, 4.69) is 22.1 Å². The molecule has 2 heterocycles. The Morgan fingerprint density at radius 1 is 1.39 bits per heavy atom. The summed E-state index contributed by atoms with van der Waals surface area (Å²) in [7, 11) is 0. The zero-order valence-electron chi connectivity index (χ0n) is 10.2. The number of pyridine rings is 1. The maximum absolute atomic E-state index is 5.78. The molecule has 1 atom stereocenters. The zero-order valence-corrected chi connectivity index (χ0v) is 11.0. The van der Waals surface area contributed by atoms with E-state index in [0.717, 1.165) is 34.7 Å². The standard InChI is InChI=1S/C14H17N3S/c15-11-1-2-12-13(3-5-16-14(12)7-11)17-8-10-4-6-18-9-10/h1-3,5,7,10H,4,6,8-9,15H2,(H,16,17). The summed E-state index contributed by atoms with van der Waals surface area (Å²) in [6.07, 6.45) is 3.17. The third-order valence-electron chi connectivity index (χ3n) is 3.37. The van der Waals surface area contributed by atoms with Crippen molar-refractivity contribution in [3.63, 3.8) is 0 Å². The zero-order chi connectivity index (χ0) is 12.4. The smallest absolute Gasteiger partial charge is 0.0743 e. The van der Waals surface area contributed by atoms with Crippen LogP contribution in [0.2, 0.25) is 0 Å². The minimum Gasteiger partial charge on any atom is -0.399 e. The van der Waals surface area contributed by atoms with Gasteiger partial charge in [0.15, 0.2) is 0 Å². The van der Waals surface area contributed by atoms with Crippen molar-refractivity contribution in [2.75, 3.05) is 29.1 Å². The summed E-state index contributed by atoms with van der Waals surface area (Å²) >= 11 is 2.05. The topological polar surface area (TPSA) is 50.9 Å². The number of hydrogen-bond acceptors (Lipinski definition) is 4. The van der Waals surface area contributed by atoms with E-state index in [9.17, 15) is 0 Å². The SMILES string of the molecule is Nc1ccc2c(NCC3CCSC3)ccnc2c1. The van der Waals surface area contributed by atoms with Crippen LogP contribution >= 0.6 is 11.8 Å². The predicted octanol–water partition coefficient (Wildman–Crippen LogP) is 2.98. The molecule has 94 valence electrons. The Bertz CT molecular complexity index is 550. The Morgan fingerprint density at radius 3 is 3.17 bits per heavy atom. The lowest BCUT2D eigenvalue weighted by atomic mass is 10.1. The average molecular weight is 259 g/mol. The van der Waals surface area contributed by atoms with E-state index >= 15 is 0 Å². The lowest BCUT2D eigenvalue weighted by molar-refractivity contribution is 0.632. The van der Waals surface area contributed by atoms with Gasteiger partial charge in [-0.15, -0.1) is 0 Å². The van der Waals surface area contributed by atoms with E-state index in [1.165, 1.54) is 17.9 Å². The van der Waals surface area contributed by atoms with Crippen molar-refractivity contribution in [2.45, 2.75) is 6.42 Å². The van der Waals surface area contributed by atoms with E-state index in [1.807, 2.05) is 30.5 Å². The Labute approximate surface area is 111 Å². The first-order valence-electron chi connectivity index (χ1n) is 6.29. The van der Waals surface area contributed by atoms with Crippen LogP contribution in [0.3, 0.4) is 0 Å². The van der Waals surface area contributed by atoms with Crippen LogP contribution in [0.25, 0.3) is 10.9 Å². The summed E-state index contributed by atoms with van der Waals surface area (Å²) < 4.78 is 0. The van der Waals surface area contributed by atoms with Gasteiger partial charge in [0, 0.05) is 29.5 Å². The number of thioether (sulfide) groups is 1. The fourth-order valence-electron chi connectivity index (χ4n) is 2.32. The quantitative estimate of drug-likeness (QED) is 0.832. The van der Waals surface area contributed by atoms with E-state index in [0.29, 0.717) is 0 Å². The lowest BCUT2D eigenvalue weighted by Gasteiger charge is -2.13. The van der Waals surface area contributed by atoms with Gasteiger partial charge in [-0.1, -0.05) is 0 Å². The first-order valence-corrected chi connectivity index (χ1v) is 7.44. The highest BCUT2D eigenvalue weighted by molar-refractivity contribution is 7.99. The molecular weight excluding hydrogens is 242 g/mol. The second kappa shape index (κ2) is 5.06. The summed E-state index contributed by atoms with van der Waals surface area (Å²) in [4.78, 5) is 4.36. The van der Waals surface area contributed by atoms with Gasteiger partial charge >= 0.3 is 0 Å². The Hall–Kier alpha value is -1.42. The van der Waals surface area contributed by atoms with E-state index in [-0.39, 0.29) is 0 Å². The van der Waals surface area contributed by atoms with Gasteiger partial charge in [-0.25, -0.2) is 0 Å². The number of nitrogens with zero attached hydrogens (tertiary/aromatic N) is 1. The van der Waals surface area contributed by atoms with E-state index in [4.69, 9.17) is 5.73 Å². The molecule has 1 saturated heterocycles. The lowest BCUT2D eigenvalue weighted by Crippen LogP contribution is -2.13. The highest BCUT2D eigenvalue weighted by Gasteiger charge is 2.15. The van der Waals surface area contributed by atoms with Gasteiger partial charge in [0.1, 0.15) is 0 Å². The summed E-state index contributed by atoms with van der Waals surface area (Å²) in [5.41, 5.74) is 8.67. The summed E-state index contributed by atoms with van der Waals surface area (Å²) in [6.45, 7) is 1.05. The van der Waals surface area contributed by atoms with Crippen LogP contribution in [0.4, 0.5) is 11.4 Å². The molecule has 3 nitrogen and oxygen atoms in total. The maximum atomic E-state index is 5.78. The Morgan fingerprint density at radius 2 is 2.33 bits per heavy atom. The molecule has 0 amide bonds. The third kappa shape index (κ3) is 2.38. The number of nitrogens with one attached hydrogen (secondary N) is 1. The molecule has 0 radical (unpaired) electrons. The number of rotatable bonds is 3. The fourth-order valence-corrected chi connectivity index (χ4v) is 3.60. The largest absolute Gasteiger partial charge is 0.399 e. The number of nitrogen functional groups attached to an aromatic ring is 1. The first-order chi connectivity index (χ1) is 8.83. The molecule has 1 aromatic carbocycles. The highest BCUT2D eigenvalue weighted by Crippen LogP contribution is 2.26. The maximum Gasteiger partial charge on any atom is 0.0743 e. The van der Waals surface area contributed by atoms with Crippen LogP contribution in [-0.4, -0.2) is 23.0 Å². The van der Waals surface area contributed by atoms with Gasteiger partial charge in [0.05, 0.1) is 5.52 Å². The van der Waals surface area contributed by atoms with Gasteiger partial charge in [0.2, 0.25) is 0 Å². The number of nitrogens with two attached hydrogens (primary N) is 1. The second-order valence-electron chi connectivity index (χ2n) is 4.75. The van der Waals surface area contributed by atoms with Crippen molar-refractivity contribution in [2.24, 2.45) is 5.92 Å². The van der Waals surface area contributed by atoms with Gasteiger partial charge in [0.25, 0.3) is 0 Å². The van der Waals surface area contributed by atoms with Crippen LogP contribution < -0.4 is 11.1 Å². The Kier molecular flexibility index (Phi) is 3.28.